The zero-order valence-corrected chi connectivity index (χ0v) is 17.8. The molecule has 0 amide bonds. The summed E-state index contributed by atoms with van der Waals surface area (Å²) in [7, 11) is 2.82. The molecule has 0 radical (unpaired) electrons. The van der Waals surface area contributed by atoms with Crippen molar-refractivity contribution in [2.24, 2.45) is 0 Å². The Morgan fingerprint density at radius 1 is 0.633 bits per heavy atom. The SMILES string of the molecule is CN(C)c1ccccc1-c1ccccc1OP1Oc2ccccc2-c2ccccc21. The highest BCUT2D eigenvalue weighted by molar-refractivity contribution is 7.57. The largest absolute Gasteiger partial charge is 0.435 e. The van der Waals surface area contributed by atoms with E-state index >= 15 is 0 Å². The second-order valence-corrected chi connectivity index (χ2v) is 8.72. The van der Waals surface area contributed by atoms with E-state index < -0.39 is 8.38 Å². The van der Waals surface area contributed by atoms with Gasteiger partial charge >= 0.3 is 8.38 Å². The van der Waals surface area contributed by atoms with Gasteiger partial charge in [0.25, 0.3) is 0 Å². The molecule has 0 saturated carbocycles. The summed E-state index contributed by atoms with van der Waals surface area (Å²) in [6, 6.07) is 33.1. The second-order valence-electron chi connectivity index (χ2n) is 7.36. The highest BCUT2D eigenvalue weighted by atomic mass is 31.2. The van der Waals surface area contributed by atoms with Crippen molar-refractivity contribution in [1.82, 2.24) is 0 Å². The number of anilines is 1. The zero-order chi connectivity index (χ0) is 20.5. The van der Waals surface area contributed by atoms with Gasteiger partial charge in [0.1, 0.15) is 11.5 Å². The third-order valence-electron chi connectivity index (χ3n) is 5.20. The molecule has 30 heavy (non-hydrogen) atoms. The first-order chi connectivity index (χ1) is 14.7. The molecule has 5 rings (SSSR count). The van der Waals surface area contributed by atoms with Crippen LogP contribution in [0.2, 0.25) is 0 Å². The summed E-state index contributed by atoms with van der Waals surface area (Å²) in [5, 5.41) is 1.10. The Kier molecular flexibility index (Phi) is 4.90. The minimum Gasteiger partial charge on any atom is -0.435 e. The van der Waals surface area contributed by atoms with Crippen LogP contribution < -0.4 is 19.3 Å². The molecule has 3 nitrogen and oxygen atoms in total. The first-order valence-corrected chi connectivity index (χ1v) is 11.1. The van der Waals surface area contributed by atoms with Gasteiger partial charge in [-0.2, -0.15) is 0 Å². The molecule has 0 aliphatic carbocycles. The van der Waals surface area contributed by atoms with Crippen LogP contribution in [0.25, 0.3) is 22.3 Å². The highest BCUT2D eigenvalue weighted by Gasteiger charge is 2.29. The van der Waals surface area contributed by atoms with Crippen LogP contribution in [-0.4, -0.2) is 14.1 Å². The van der Waals surface area contributed by atoms with E-state index in [9.17, 15) is 0 Å². The maximum atomic E-state index is 6.58. The lowest BCUT2D eigenvalue weighted by molar-refractivity contribution is 0.501. The van der Waals surface area contributed by atoms with Crippen LogP contribution in [0.4, 0.5) is 5.69 Å². The number of nitrogens with zero attached hydrogens (tertiary/aromatic N) is 1. The van der Waals surface area contributed by atoms with Gasteiger partial charge in [-0.3, -0.25) is 0 Å². The lowest BCUT2D eigenvalue weighted by Gasteiger charge is -2.28. The Labute approximate surface area is 178 Å². The third kappa shape index (κ3) is 3.32. The summed E-state index contributed by atoms with van der Waals surface area (Å²) in [5.41, 5.74) is 5.64. The molecule has 1 atom stereocenters. The molecule has 4 heteroatoms. The summed E-state index contributed by atoms with van der Waals surface area (Å²) in [6.45, 7) is 0. The van der Waals surface area contributed by atoms with Gasteiger partial charge in [-0.1, -0.05) is 72.8 Å². The number of hydrogen-bond acceptors (Lipinski definition) is 3. The molecule has 0 spiro atoms. The van der Waals surface area contributed by atoms with Gasteiger partial charge in [0, 0.05) is 36.5 Å². The maximum absolute atomic E-state index is 6.58. The van der Waals surface area contributed by atoms with Crippen LogP contribution in [0.5, 0.6) is 11.5 Å². The predicted molar refractivity (Wildman–Crippen MR) is 126 cm³/mol. The molecular weight excluding hydrogens is 389 g/mol. The molecule has 1 unspecified atom stereocenters. The van der Waals surface area contributed by atoms with Gasteiger partial charge in [0.2, 0.25) is 0 Å². The van der Waals surface area contributed by atoms with Gasteiger partial charge in [-0.15, -0.1) is 0 Å². The Balaban J connectivity index is 1.58. The first-order valence-electron chi connectivity index (χ1n) is 9.92. The van der Waals surface area contributed by atoms with Crippen molar-refractivity contribution in [1.29, 1.82) is 0 Å². The van der Waals surface area contributed by atoms with Crippen LogP contribution in [0.3, 0.4) is 0 Å². The molecule has 1 aliphatic heterocycles. The average Bonchev–Trinajstić information content (AvgIpc) is 2.79. The van der Waals surface area contributed by atoms with Crippen LogP contribution >= 0.6 is 8.38 Å². The molecule has 4 aromatic carbocycles. The Morgan fingerprint density at radius 2 is 1.23 bits per heavy atom. The molecule has 4 aromatic rings. The van der Waals surface area contributed by atoms with E-state index in [1.807, 2.05) is 42.5 Å². The van der Waals surface area contributed by atoms with Crippen molar-refractivity contribution in [3.8, 4) is 33.8 Å². The molecule has 0 bridgehead atoms. The zero-order valence-electron chi connectivity index (χ0n) is 16.9. The summed E-state index contributed by atoms with van der Waals surface area (Å²) in [4.78, 5) is 2.13. The quantitative estimate of drug-likeness (QED) is 0.358. The van der Waals surface area contributed by atoms with Crippen molar-refractivity contribution in [2.75, 3.05) is 19.0 Å². The van der Waals surface area contributed by atoms with E-state index in [0.29, 0.717) is 0 Å². The smallest absolute Gasteiger partial charge is 0.326 e. The fourth-order valence-electron chi connectivity index (χ4n) is 3.79. The molecule has 0 aromatic heterocycles. The van der Waals surface area contributed by atoms with Crippen LogP contribution in [0, 0.1) is 0 Å². The summed E-state index contributed by atoms with van der Waals surface area (Å²) in [6.07, 6.45) is 0. The van der Waals surface area contributed by atoms with Gasteiger partial charge in [0.05, 0.1) is 5.30 Å². The Bertz CT molecular complexity index is 1200. The highest BCUT2D eigenvalue weighted by Crippen LogP contribution is 2.51. The predicted octanol–water partition coefficient (Wildman–Crippen LogP) is 6.50. The van der Waals surface area contributed by atoms with E-state index in [2.05, 4.69) is 73.6 Å². The van der Waals surface area contributed by atoms with Gasteiger partial charge in [-0.05, 0) is 29.8 Å². The van der Waals surface area contributed by atoms with Gasteiger partial charge < -0.3 is 13.9 Å². The minimum absolute atomic E-state index is 0.826. The van der Waals surface area contributed by atoms with E-state index in [-0.39, 0.29) is 0 Å². The van der Waals surface area contributed by atoms with E-state index in [1.165, 1.54) is 5.56 Å². The van der Waals surface area contributed by atoms with Crippen molar-refractivity contribution in [3.05, 3.63) is 97.1 Å². The lowest BCUT2D eigenvalue weighted by Crippen LogP contribution is -2.17. The minimum atomic E-state index is -1.30. The molecule has 148 valence electrons. The average molecular weight is 411 g/mol. The maximum Gasteiger partial charge on any atom is 0.326 e. The first kappa shape index (κ1) is 18.7. The molecule has 1 heterocycles. The molecular formula is C26H22NO2P. The molecule has 1 aliphatic rings. The van der Waals surface area contributed by atoms with Crippen molar-refractivity contribution < 1.29 is 9.05 Å². The number of para-hydroxylation sites is 3. The number of benzene rings is 4. The Morgan fingerprint density at radius 3 is 2.03 bits per heavy atom. The molecule has 0 saturated heterocycles. The van der Waals surface area contributed by atoms with Crippen molar-refractivity contribution in [3.63, 3.8) is 0 Å². The number of fused-ring (bicyclic) bond motifs is 3. The summed E-state index contributed by atoms with van der Waals surface area (Å²) < 4.78 is 12.9. The van der Waals surface area contributed by atoms with E-state index in [0.717, 1.165) is 39.2 Å². The van der Waals surface area contributed by atoms with Crippen LogP contribution in [0.1, 0.15) is 0 Å². The topological polar surface area (TPSA) is 21.7 Å². The standard InChI is InChI=1S/C26H22NO2P/c1-27(2)23-15-7-3-11-19(23)20-12-4-8-16-24(20)28-30-26-18-10-6-14-22(26)21-13-5-9-17-25(21)29-30/h3-18H,1-2H3. The molecule has 0 N–H and O–H groups in total. The fraction of sp³-hybridized carbons (Fsp3) is 0.0769. The Hall–Kier alpha value is -3.29. The second kappa shape index (κ2) is 7.85. The number of rotatable bonds is 4. The molecule has 0 fully saturated rings. The summed E-state index contributed by atoms with van der Waals surface area (Å²) >= 11 is 0. The van der Waals surface area contributed by atoms with Gasteiger partial charge in [0.15, 0.2) is 0 Å². The lowest BCUT2D eigenvalue weighted by atomic mass is 10.0. The van der Waals surface area contributed by atoms with Crippen molar-refractivity contribution in [2.45, 2.75) is 0 Å². The van der Waals surface area contributed by atoms with Crippen LogP contribution in [-0.2, 0) is 0 Å². The monoisotopic (exact) mass is 411 g/mol. The fourth-order valence-corrected chi connectivity index (χ4v) is 5.29. The normalized spacial score (nSPS) is 14.3. The van der Waals surface area contributed by atoms with E-state index in [4.69, 9.17) is 9.05 Å². The summed E-state index contributed by atoms with van der Waals surface area (Å²) in [5.74, 6) is 1.69. The number of hydrogen-bond donors (Lipinski definition) is 0. The van der Waals surface area contributed by atoms with Crippen LogP contribution in [0.15, 0.2) is 97.1 Å². The van der Waals surface area contributed by atoms with Crippen molar-refractivity contribution >= 4 is 19.4 Å². The van der Waals surface area contributed by atoms with E-state index in [1.54, 1.807) is 0 Å². The van der Waals surface area contributed by atoms with Gasteiger partial charge in [-0.25, -0.2) is 0 Å². The third-order valence-corrected chi connectivity index (χ3v) is 6.71.